The minimum absolute atomic E-state index is 0.113. The van der Waals surface area contributed by atoms with Gasteiger partial charge in [-0.1, -0.05) is 59.2 Å². The molecular weight excluding hydrogens is 374 g/mol. The molecule has 0 amide bonds. The van der Waals surface area contributed by atoms with E-state index in [0.29, 0.717) is 6.42 Å². The SMILES string of the molecule is CC[C@@H](C)CC(=O)O[C@@H]1[C@H](NS(=O)(=O)c2ccccc2)[C@H]2CC[C@]1(C)C2(C)C. The number of esters is 1. The molecule has 3 rings (SSSR count). The summed E-state index contributed by atoms with van der Waals surface area (Å²) in [6.45, 7) is 10.6. The quantitative estimate of drug-likeness (QED) is 0.690. The molecule has 0 aromatic heterocycles. The number of fused-ring (bicyclic) bond motifs is 2. The number of rotatable bonds is 7. The van der Waals surface area contributed by atoms with Crippen molar-refractivity contribution in [2.45, 2.75) is 77.3 Å². The highest BCUT2D eigenvalue weighted by Gasteiger charge is 2.68. The van der Waals surface area contributed by atoms with Crippen molar-refractivity contribution in [2.75, 3.05) is 0 Å². The van der Waals surface area contributed by atoms with Crippen molar-refractivity contribution >= 4 is 16.0 Å². The smallest absolute Gasteiger partial charge is 0.306 e. The number of carbonyl (C=O) groups excluding carboxylic acids is 1. The summed E-state index contributed by atoms with van der Waals surface area (Å²) in [5.41, 5.74) is -0.356. The molecule has 5 nitrogen and oxygen atoms in total. The van der Waals surface area contributed by atoms with Crippen LogP contribution in [0.1, 0.15) is 60.3 Å². The van der Waals surface area contributed by atoms with Crippen LogP contribution in [-0.2, 0) is 19.6 Å². The number of carbonyl (C=O) groups is 1. The molecule has 0 spiro atoms. The fraction of sp³-hybridized carbons (Fsp3) is 0.682. The number of nitrogens with one attached hydrogen (secondary N) is 1. The first kappa shape index (κ1) is 21.3. The molecule has 156 valence electrons. The molecule has 0 aliphatic heterocycles. The van der Waals surface area contributed by atoms with Crippen LogP contribution in [0.2, 0.25) is 0 Å². The van der Waals surface area contributed by atoms with Crippen molar-refractivity contribution < 1.29 is 17.9 Å². The zero-order valence-electron chi connectivity index (χ0n) is 17.6. The Balaban J connectivity index is 1.88. The zero-order chi connectivity index (χ0) is 20.7. The second-order valence-electron chi connectivity index (χ2n) is 9.37. The summed E-state index contributed by atoms with van der Waals surface area (Å²) in [5.74, 6) is 0.164. The van der Waals surface area contributed by atoms with Gasteiger partial charge in [0.25, 0.3) is 0 Å². The molecule has 0 saturated heterocycles. The van der Waals surface area contributed by atoms with E-state index in [-0.39, 0.29) is 33.5 Å². The van der Waals surface area contributed by atoms with Crippen molar-refractivity contribution in [1.82, 2.24) is 4.72 Å². The molecule has 2 bridgehead atoms. The van der Waals surface area contributed by atoms with Crippen molar-refractivity contribution in [3.63, 3.8) is 0 Å². The normalized spacial score (nSPS) is 32.2. The molecule has 0 heterocycles. The van der Waals surface area contributed by atoms with Crippen molar-refractivity contribution in [1.29, 1.82) is 0 Å². The molecule has 2 aliphatic carbocycles. The van der Waals surface area contributed by atoms with Gasteiger partial charge in [0.1, 0.15) is 6.10 Å². The largest absolute Gasteiger partial charge is 0.460 e. The van der Waals surface area contributed by atoms with Crippen LogP contribution in [0.15, 0.2) is 35.2 Å². The Kier molecular flexibility index (Phi) is 5.67. The topological polar surface area (TPSA) is 72.5 Å². The first-order valence-corrected chi connectivity index (χ1v) is 11.8. The standard InChI is InChI=1S/C22H33NO4S/c1-6-15(2)14-18(24)27-20-19(17-12-13-22(20,5)21(17,3)4)23-28(25,26)16-10-8-7-9-11-16/h7-11,15,17,19-20,23H,6,12-14H2,1-5H3/t15-,17-,19-,20-,22+/m1/s1. The zero-order valence-corrected chi connectivity index (χ0v) is 18.4. The van der Waals surface area contributed by atoms with Crippen LogP contribution in [0, 0.1) is 22.7 Å². The van der Waals surface area contributed by atoms with E-state index < -0.39 is 22.2 Å². The van der Waals surface area contributed by atoms with Crippen molar-refractivity contribution in [3.8, 4) is 0 Å². The lowest BCUT2D eigenvalue weighted by atomic mass is 9.70. The van der Waals surface area contributed by atoms with E-state index >= 15 is 0 Å². The van der Waals surface area contributed by atoms with E-state index in [2.05, 4.69) is 32.4 Å². The van der Waals surface area contributed by atoms with Gasteiger partial charge in [0.15, 0.2) is 0 Å². The molecule has 2 fully saturated rings. The fourth-order valence-electron chi connectivity index (χ4n) is 5.12. The van der Waals surface area contributed by atoms with Gasteiger partial charge in [0, 0.05) is 11.8 Å². The molecule has 2 aliphatic rings. The Morgan fingerprint density at radius 2 is 1.89 bits per heavy atom. The molecule has 2 saturated carbocycles. The molecule has 1 aromatic carbocycles. The molecule has 1 N–H and O–H groups in total. The van der Waals surface area contributed by atoms with Gasteiger partial charge in [-0.05, 0) is 42.2 Å². The summed E-state index contributed by atoms with van der Waals surface area (Å²) in [7, 11) is -3.68. The van der Waals surface area contributed by atoms with Gasteiger partial charge >= 0.3 is 5.97 Å². The van der Waals surface area contributed by atoms with Crippen LogP contribution < -0.4 is 4.72 Å². The van der Waals surface area contributed by atoms with Gasteiger partial charge in [-0.2, -0.15) is 0 Å². The molecule has 6 heteroatoms. The Bertz CT molecular complexity index is 820. The lowest BCUT2D eigenvalue weighted by Crippen LogP contribution is -2.51. The van der Waals surface area contributed by atoms with Gasteiger partial charge in [0.2, 0.25) is 10.0 Å². The summed E-state index contributed by atoms with van der Waals surface area (Å²) < 4.78 is 34.9. The van der Waals surface area contributed by atoms with Gasteiger partial charge in [-0.3, -0.25) is 4.79 Å². The minimum atomic E-state index is -3.68. The minimum Gasteiger partial charge on any atom is -0.460 e. The van der Waals surface area contributed by atoms with E-state index in [1.165, 1.54) is 0 Å². The van der Waals surface area contributed by atoms with Crippen LogP contribution in [-0.4, -0.2) is 26.5 Å². The average molecular weight is 408 g/mol. The highest BCUT2D eigenvalue weighted by Crippen LogP contribution is 2.66. The highest BCUT2D eigenvalue weighted by molar-refractivity contribution is 7.89. The summed E-state index contributed by atoms with van der Waals surface area (Å²) in [5, 5.41) is 0. The fourth-order valence-corrected chi connectivity index (χ4v) is 6.42. The van der Waals surface area contributed by atoms with E-state index in [1.54, 1.807) is 30.3 Å². The third kappa shape index (κ3) is 3.50. The molecule has 1 aromatic rings. The van der Waals surface area contributed by atoms with E-state index in [0.717, 1.165) is 19.3 Å². The third-order valence-electron chi connectivity index (χ3n) is 7.58. The maximum Gasteiger partial charge on any atom is 0.306 e. The Labute approximate surface area is 169 Å². The van der Waals surface area contributed by atoms with Crippen LogP contribution in [0.3, 0.4) is 0 Å². The number of hydrogen-bond acceptors (Lipinski definition) is 4. The second kappa shape index (κ2) is 7.45. The highest BCUT2D eigenvalue weighted by atomic mass is 32.2. The van der Waals surface area contributed by atoms with Crippen LogP contribution >= 0.6 is 0 Å². The number of ether oxygens (including phenoxy) is 1. The molecular formula is C22H33NO4S. The lowest BCUT2D eigenvalue weighted by Gasteiger charge is -2.39. The summed E-state index contributed by atoms with van der Waals surface area (Å²) >= 11 is 0. The second-order valence-corrected chi connectivity index (χ2v) is 11.1. The van der Waals surface area contributed by atoms with Crippen LogP contribution in [0.5, 0.6) is 0 Å². The molecule has 0 unspecified atom stereocenters. The summed E-state index contributed by atoms with van der Waals surface area (Å²) in [6, 6.07) is 7.99. The Morgan fingerprint density at radius 3 is 2.50 bits per heavy atom. The number of hydrogen-bond donors (Lipinski definition) is 1. The number of benzene rings is 1. The maximum absolute atomic E-state index is 13.0. The van der Waals surface area contributed by atoms with Gasteiger partial charge in [-0.15, -0.1) is 0 Å². The lowest BCUT2D eigenvalue weighted by molar-refractivity contribution is -0.159. The van der Waals surface area contributed by atoms with E-state index in [9.17, 15) is 13.2 Å². The molecule has 28 heavy (non-hydrogen) atoms. The van der Waals surface area contributed by atoms with E-state index in [1.807, 2.05) is 6.92 Å². The monoisotopic (exact) mass is 407 g/mol. The third-order valence-corrected chi connectivity index (χ3v) is 9.05. The summed E-state index contributed by atoms with van der Waals surface area (Å²) in [6.07, 6.45) is 2.71. The maximum atomic E-state index is 13.0. The van der Waals surface area contributed by atoms with E-state index in [4.69, 9.17) is 4.74 Å². The molecule has 5 atom stereocenters. The van der Waals surface area contributed by atoms with Gasteiger partial charge < -0.3 is 4.74 Å². The van der Waals surface area contributed by atoms with Crippen molar-refractivity contribution in [2.24, 2.45) is 22.7 Å². The first-order chi connectivity index (χ1) is 13.0. The predicted molar refractivity (Wildman–Crippen MR) is 109 cm³/mol. The Morgan fingerprint density at radius 1 is 1.25 bits per heavy atom. The van der Waals surface area contributed by atoms with Crippen LogP contribution in [0.25, 0.3) is 0 Å². The van der Waals surface area contributed by atoms with Gasteiger partial charge in [-0.25, -0.2) is 13.1 Å². The molecule has 0 radical (unpaired) electrons. The predicted octanol–water partition coefficient (Wildman–Crippen LogP) is 4.14. The van der Waals surface area contributed by atoms with Crippen molar-refractivity contribution in [3.05, 3.63) is 30.3 Å². The average Bonchev–Trinajstić information content (AvgIpc) is 2.95. The van der Waals surface area contributed by atoms with Gasteiger partial charge in [0.05, 0.1) is 10.9 Å². The van der Waals surface area contributed by atoms with Crippen LogP contribution in [0.4, 0.5) is 0 Å². The summed E-state index contributed by atoms with van der Waals surface area (Å²) in [4.78, 5) is 12.8. The number of sulfonamides is 1. The first-order valence-electron chi connectivity index (χ1n) is 10.3. The Hall–Kier alpha value is -1.40.